The third-order valence-corrected chi connectivity index (χ3v) is 3.65. The highest BCUT2D eigenvalue weighted by molar-refractivity contribution is 7.89. The Balaban J connectivity index is 2.98. The van der Waals surface area contributed by atoms with Gasteiger partial charge in [0.05, 0.1) is 25.7 Å². The lowest BCUT2D eigenvalue weighted by Crippen LogP contribution is -2.40. The van der Waals surface area contributed by atoms with Crippen LogP contribution in [0.3, 0.4) is 0 Å². The summed E-state index contributed by atoms with van der Waals surface area (Å²) in [4.78, 5) is 10.9. The van der Waals surface area contributed by atoms with Gasteiger partial charge in [0.25, 0.3) is 0 Å². The van der Waals surface area contributed by atoms with E-state index in [1.54, 1.807) is 0 Å². The fraction of sp³-hybridized carbons (Fsp3) is 0.300. The highest BCUT2D eigenvalue weighted by Gasteiger charge is 2.17. The molecule has 9 heteroatoms. The van der Waals surface area contributed by atoms with E-state index in [0.29, 0.717) is 5.75 Å². The van der Waals surface area contributed by atoms with Crippen LogP contribution in [0, 0.1) is 0 Å². The summed E-state index contributed by atoms with van der Waals surface area (Å²) in [5.41, 5.74) is 1.82. The number of amides is 1. The summed E-state index contributed by atoms with van der Waals surface area (Å²) in [6.07, 6.45) is 0. The summed E-state index contributed by atoms with van der Waals surface area (Å²) < 4.78 is 35.9. The first-order valence-electron chi connectivity index (χ1n) is 5.15. The van der Waals surface area contributed by atoms with Crippen LogP contribution in [0.1, 0.15) is 0 Å². The second kappa shape index (κ2) is 6.36. The molecule has 0 radical (unpaired) electrons. The van der Waals surface area contributed by atoms with Crippen LogP contribution in [0.4, 0.5) is 0 Å². The summed E-state index contributed by atoms with van der Waals surface area (Å²) in [7, 11) is -0.992. The van der Waals surface area contributed by atoms with Crippen LogP contribution in [-0.4, -0.2) is 35.1 Å². The fourth-order valence-corrected chi connectivity index (χ4v) is 2.28. The number of ether oxygens (including phenoxy) is 2. The molecule has 0 fully saturated rings. The molecule has 106 valence electrons. The lowest BCUT2D eigenvalue weighted by Gasteiger charge is -2.10. The monoisotopic (exact) mass is 289 g/mol. The lowest BCUT2D eigenvalue weighted by molar-refractivity contribution is -0.120. The minimum absolute atomic E-state index is 0.0463. The van der Waals surface area contributed by atoms with E-state index in [1.165, 1.54) is 32.4 Å². The Labute approximate surface area is 110 Å². The summed E-state index contributed by atoms with van der Waals surface area (Å²) in [6, 6.07) is 4.09. The van der Waals surface area contributed by atoms with Crippen molar-refractivity contribution in [3.05, 3.63) is 18.2 Å². The molecule has 0 heterocycles. The molecule has 0 atom stereocenters. The molecule has 1 amide bonds. The molecule has 8 nitrogen and oxygen atoms in total. The fourth-order valence-electron chi connectivity index (χ4n) is 1.28. The lowest BCUT2D eigenvalue weighted by atomic mass is 10.3. The number of hydrazine groups is 1. The van der Waals surface area contributed by atoms with Crippen LogP contribution in [0.15, 0.2) is 23.1 Å². The molecule has 0 aliphatic heterocycles. The summed E-state index contributed by atoms with van der Waals surface area (Å²) >= 11 is 0. The predicted molar refractivity (Wildman–Crippen MR) is 67.1 cm³/mol. The molecule has 1 aromatic carbocycles. The minimum atomic E-state index is -3.82. The van der Waals surface area contributed by atoms with Gasteiger partial charge in [-0.2, -0.15) is 0 Å². The van der Waals surface area contributed by atoms with Crippen molar-refractivity contribution in [2.24, 2.45) is 5.84 Å². The average molecular weight is 289 g/mol. The van der Waals surface area contributed by atoms with Gasteiger partial charge in [-0.15, -0.1) is 0 Å². The van der Waals surface area contributed by atoms with Crippen molar-refractivity contribution in [3.8, 4) is 11.5 Å². The van der Waals surface area contributed by atoms with E-state index in [1.807, 2.05) is 5.43 Å². The molecule has 1 aromatic rings. The quantitative estimate of drug-likeness (QED) is 0.350. The van der Waals surface area contributed by atoms with Gasteiger partial charge in [0, 0.05) is 6.07 Å². The Morgan fingerprint density at radius 2 is 1.89 bits per heavy atom. The maximum atomic E-state index is 11.9. The van der Waals surface area contributed by atoms with Crippen molar-refractivity contribution < 1.29 is 22.7 Å². The predicted octanol–water partition coefficient (Wildman–Crippen LogP) is -1.03. The number of carbonyl (C=O) groups excluding carboxylic acids is 1. The molecule has 1 rings (SSSR count). The topological polar surface area (TPSA) is 120 Å². The molecule has 19 heavy (non-hydrogen) atoms. The van der Waals surface area contributed by atoms with Crippen molar-refractivity contribution in [1.82, 2.24) is 10.1 Å². The Bertz CT molecular complexity index is 558. The third-order valence-electron chi connectivity index (χ3n) is 2.25. The average Bonchev–Trinajstić information content (AvgIpc) is 2.43. The molecule has 0 bridgehead atoms. The summed E-state index contributed by atoms with van der Waals surface area (Å²) in [5, 5.41) is 0. The largest absolute Gasteiger partial charge is 0.493 e. The Kier molecular flexibility index (Phi) is 5.10. The maximum Gasteiger partial charge on any atom is 0.248 e. The highest BCUT2D eigenvalue weighted by atomic mass is 32.2. The molecule has 0 aliphatic rings. The zero-order chi connectivity index (χ0) is 14.5. The van der Waals surface area contributed by atoms with E-state index in [0.717, 1.165) is 0 Å². The van der Waals surface area contributed by atoms with Gasteiger partial charge in [-0.3, -0.25) is 10.2 Å². The van der Waals surface area contributed by atoms with E-state index < -0.39 is 22.5 Å². The van der Waals surface area contributed by atoms with Crippen LogP contribution < -0.4 is 25.5 Å². The van der Waals surface area contributed by atoms with E-state index in [4.69, 9.17) is 15.3 Å². The first-order chi connectivity index (χ1) is 8.94. The van der Waals surface area contributed by atoms with Crippen molar-refractivity contribution in [3.63, 3.8) is 0 Å². The molecule has 0 unspecified atom stereocenters. The number of benzene rings is 1. The Morgan fingerprint density at radius 3 is 2.42 bits per heavy atom. The standard InChI is InChI=1S/C10H15N3O5S/c1-17-8-4-3-7(5-9(8)18-2)19(15,16)12-6-10(14)13-11/h3-5,12H,6,11H2,1-2H3,(H,13,14). The van der Waals surface area contributed by atoms with Crippen LogP contribution in [-0.2, 0) is 14.8 Å². The number of methoxy groups -OCH3 is 2. The van der Waals surface area contributed by atoms with E-state index in [2.05, 4.69) is 4.72 Å². The van der Waals surface area contributed by atoms with Gasteiger partial charge in [-0.25, -0.2) is 19.0 Å². The minimum Gasteiger partial charge on any atom is -0.493 e. The maximum absolute atomic E-state index is 11.9. The normalized spacial score (nSPS) is 10.9. The van der Waals surface area contributed by atoms with E-state index in [9.17, 15) is 13.2 Å². The van der Waals surface area contributed by atoms with Gasteiger partial charge in [0.2, 0.25) is 15.9 Å². The van der Waals surface area contributed by atoms with E-state index in [-0.39, 0.29) is 10.6 Å². The van der Waals surface area contributed by atoms with Gasteiger partial charge in [0.1, 0.15) is 0 Å². The number of rotatable bonds is 6. The van der Waals surface area contributed by atoms with Crippen LogP contribution in [0.25, 0.3) is 0 Å². The molecule has 0 saturated heterocycles. The SMILES string of the molecule is COc1ccc(S(=O)(=O)NCC(=O)NN)cc1OC. The number of nitrogens with one attached hydrogen (secondary N) is 2. The molecule has 0 aromatic heterocycles. The van der Waals surface area contributed by atoms with Gasteiger partial charge < -0.3 is 9.47 Å². The van der Waals surface area contributed by atoms with Crippen LogP contribution in [0.5, 0.6) is 11.5 Å². The number of hydrogen-bond acceptors (Lipinski definition) is 6. The molecule has 0 saturated carbocycles. The first-order valence-corrected chi connectivity index (χ1v) is 6.64. The van der Waals surface area contributed by atoms with Gasteiger partial charge in [0.15, 0.2) is 11.5 Å². The zero-order valence-corrected chi connectivity index (χ0v) is 11.3. The highest BCUT2D eigenvalue weighted by Crippen LogP contribution is 2.29. The number of sulfonamides is 1. The third kappa shape index (κ3) is 3.81. The van der Waals surface area contributed by atoms with E-state index >= 15 is 0 Å². The van der Waals surface area contributed by atoms with Crippen LogP contribution in [0.2, 0.25) is 0 Å². The van der Waals surface area contributed by atoms with Crippen molar-refractivity contribution in [2.75, 3.05) is 20.8 Å². The first kappa shape index (κ1) is 15.2. The molecular formula is C10H15N3O5S. The second-order valence-corrected chi connectivity index (χ2v) is 5.18. The van der Waals surface area contributed by atoms with Gasteiger partial charge in [-0.05, 0) is 12.1 Å². The number of hydrogen-bond donors (Lipinski definition) is 3. The van der Waals surface area contributed by atoms with Crippen LogP contribution >= 0.6 is 0 Å². The van der Waals surface area contributed by atoms with Crippen molar-refractivity contribution >= 4 is 15.9 Å². The number of carbonyl (C=O) groups is 1. The summed E-state index contributed by atoms with van der Waals surface area (Å²) in [5.74, 6) is 4.88. The molecular weight excluding hydrogens is 274 g/mol. The molecule has 4 N–H and O–H groups in total. The zero-order valence-electron chi connectivity index (χ0n) is 10.5. The number of nitrogens with two attached hydrogens (primary N) is 1. The molecule has 0 spiro atoms. The summed E-state index contributed by atoms with van der Waals surface area (Å²) in [6.45, 7) is -0.451. The Morgan fingerprint density at radius 1 is 1.26 bits per heavy atom. The van der Waals surface area contributed by atoms with Gasteiger partial charge >= 0.3 is 0 Å². The van der Waals surface area contributed by atoms with Crippen molar-refractivity contribution in [1.29, 1.82) is 0 Å². The van der Waals surface area contributed by atoms with Gasteiger partial charge in [-0.1, -0.05) is 0 Å². The second-order valence-electron chi connectivity index (χ2n) is 3.41. The smallest absolute Gasteiger partial charge is 0.248 e. The molecule has 0 aliphatic carbocycles. The Hall–Kier alpha value is -1.84. The van der Waals surface area contributed by atoms with Crippen molar-refractivity contribution in [2.45, 2.75) is 4.90 Å².